The van der Waals surface area contributed by atoms with Gasteiger partial charge in [0, 0.05) is 17.6 Å². The number of benzene rings is 1. The summed E-state index contributed by atoms with van der Waals surface area (Å²) in [5, 5.41) is 11.5. The largest absolute Gasteiger partial charge is 0.369 e. The van der Waals surface area contributed by atoms with E-state index in [4.69, 9.17) is 16.9 Å². The molecule has 0 aliphatic rings. The second-order valence-electron chi connectivity index (χ2n) is 4.16. The van der Waals surface area contributed by atoms with E-state index < -0.39 is 0 Å². The molecule has 2 nitrogen and oxygen atoms in total. The fourth-order valence-corrected chi connectivity index (χ4v) is 2.88. The molecule has 0 N–H and O–H groups in total. The van der Waals surface area contributed by atoms with Crippen LogP contribution in [0.15, 0.2) is 29.6 Å². The topological polar surface area (TPSA) is 27.0 Å². The third-order valence-electron chi connectivity index (χ3n) is 2.86. The van der Waals surface area contributed by atoms with Gasteiger partial charge in [0.25, 0.3) is 0 Å². The average molecular weight is 277 g/mol. The van der Waals surface area contributed by atoms with Gasteiger partial charge < -0.3 is 4.90 Å². The lowest BCUT2D eigenvalue weighted by Crippen LogP contribution is -2.16. The Kier molecular flexibility index (Phi) is 3.90. The molecule has 2 aromatic rings. The minimum Gasteiger partial charge on any atom is -0.369 e. The van der Waals surface area contributed by atoms with Crippen LogP contribution in [0.4, 0.5) is 5.69 Å². The first-order valence-corrected chi connectivity index (χ1v) is 6.81. The Morgan fingerprint density at radius 3 is 2.72 bits per heavy atom. The van der Waals surface area contributed by atoms with Gasteiger partial charge >= 0.3 is 0 Å². The quantitative estimate of drug-likeness (QED) is 0.839. The molecule has 0 unspecified atom stereocenters. The van der Waals surface area contributed by atoms with Crippen molar-refractivity contribution in [2.45, 2.75) is 13.5 Å². The van der Waals surface area contributed by atoms with Crippen molar-refractivity contribution >= 4 is 28.6 Å². The Morgan fingerprint density at radius 1 is 1.39 bits per heavy atom. The summed E-state index contributed by atoms with van der Waals surface area (Å²) < 4.78 is 0. The SMILES string of the molecule is Cc1ccsc1CN(C)c1ccc(C#N)c(Cl)c1. The van der Waals surface area contributed by atoms with Crippen molar-refractivity contribution in [2.24, 2.45) is 0 Å². The molecule has 2 rings (SSSR count). The first-order chi connectivity index (χ1) is 8.61. The summed E-state index contributed by atoms with van der Waals surface area (Å²) in [5.41, 5.74) is 2.85. The molecule has 0 saturated carbocycles. The van der Waals surface area contributed by atoms with Crippen LogP contribution in [-0.4, -0.2) is 7.05 Å². The van der Waals surface area contributed by atoms with Crippen molar-refractivity contribution in [3.63, 3.8) is 0 Å². The van der Waals surface area contributed by atoms with Crippen LogP contribution in [0.1, 0.15) is 16.0 Å². The van der Waals surface area contributed by atoms with Crippen LogP contribution in [0.25, 0.3) is 0 Å². The van der Waals surface area contributed by atoms with Gasteiger partial charge in [-0.2, -0.15) is 5.26 Å². The van der Waals surface area contributed by atoms with Crippen molar-refractivity contribution < 1.29 is 0 Å². The molecule has 0 saturated heterocycles. The first kappa shape index (κ1) is 12.9. The zero-order chi connectivity index (χ0) is 13.1. The molecule has 92 valence electrons. The van der Waals surface area contributed by atoms with Crippen molar-refractivity contribution in [3.8, 4) is 6.07 Å². The van der Waals surface area contributed by atoms with Crippen LogP contribution >= 0.6 is 22.9 Å². The predicted octanol–water partition coefficient (Wildman–Crippen LogP) is 4.22. The molecule has 0 aliphatic heterocycles. The fraction of sp³-hybridized carbons (Fsp3) is 0.214. The highest BCUT2D eigenvalue weighted by atomic mass is 35.5. The van der Waals surface area contributed by atoms with Crippen LogP contribution in [0.5, 0.6) is 0 Å². The van der Waals surface area contributed by atoms with E-state index in [2.05, 4.69) is 29.3 Å². The monoisotopic (exact) mass is 276 g/mol. The number of hydrogen-bond acceptors (Lipinski definition) is 3. The molecule has 0 radical (unpaired) electrons. The summed E-state index contributed by atoms with van der Waals surface area (Å²) >= 11 is 7.80. The lowest BCUT2D eigenvalue weighted by molar-refractivity contribution is 0.933. The summed E-state index contributed by atoms with van der Waals surface area (Å²) in [6.45, 7) is 2.97. The van der Waals surface area contributed by atoms with E-state index >= 15 is 0 Å². The Hall–Kier alpha value is -1.50. The van der Waals surface area contributed by atoms with Crippen molar-refractivity contribution in [1.82, 2.24) is 0 Å². The lowest BCUT2D eigenvalue weighted by Gasteiger charge is -2.19. The minimum atomic E-state index is 0.504. The van der Waals surface area contributed by atoms with Gasteiger partial charge in [0.05, 0.1) is 17.1 Å². The van der Waals surface area contributed by atoms with E-state index in [-0.39, 0.29) is 0 Å². The van der Waals surface area contributed by atoms with Gasteiger partial charge in [0.2, 0.25) is 0 Å². The molecule has 1 aromatic heterocycles. The Balaban J connectivity index is 2.19. The van der Waals surface area contributed by atoms with Crippen LogP contribution in [0.3, 0.4) is 0 Å². The summed E-state index contributed by atoms with van der Waals surface area (Å²) in [7, 11) is 2.02. The Labute approximate surface area is 116 Å². The van der Waals surface area contributed by atoms with Crippen LogP contribution in [0.2, 0.25) is 5.02 Å². The van der Waals surface area contributed by atoms with Gasteiger partial charge in [0.1, 0.15) is 6.07 Å². The van der Waals surface area contributed by atoms with Gasteiger partial charge in [-0.3, -0.25) is 0 Å². The maximum atomic E-state index is 8.85. The van der Waals surface area contributed by atoms with E-state index in [0.717, 1.165) is 12.2 Å². The zero-order valence-corrected chi connectivity index (χ0v) is 11.8. The third kappa shape index (κ3) is 2.66. The van der Waals surface area contributed by atoms with Gasteiger partial charge in [-0.15, -0.1) is 11.3 Å². The average Bonchev–Trinajstić information content (AvgIpc) is 2.75. The smallest absolute Gasteiger partial charge is 0.101 e. The van der Waals surface area contributed by atoms with E-state index in [9.17, 15) is 0 Å². The molecule has 0 fully saturated rings. The summed E-state index contributed by atoms with van der Waals surface area (Å²) in [5.74, 6) is 0. The number of aryl methyl sites for hydroxylation is 1. The molecule has 1 aromatic carbocycles. The van der Waals surface area contributed by atoms with Gasteiger partial charge in [0.15, 0.2) is 0 Å². The molecule has 0 amide bonds. The van der Waals surface area contributed by atoms with Crippen molar-refractivity contribution in [2.75, 3.05) is 11.9 Å². The van der Waals surface area contributed by atoms with E-state index in [0.29, 0.717) is 10.6 Å². The number of halogens is 1. The molecular formula is C14H13ClN2S. The summed E-state index contributed by atoms with van der Waals surface area (Å²) in [4.78, 5) is 3.48. The number of hydrogen-bond donors (Lipinski definition) is 0. The molecule has 4 heteroatoms. The predicted molar refractivity (Wildman–Crippen MR) is 77.3 cm³/mol. The Bertz CT molecular complexity index is 598. The third-order valence-corrected chi connectivity index (χ3v) is 4.18. The van der Waals surface area contributed by atoms with Gasteiger partial charge in [-0.25, -0.2) is 0 Å². The van der Waals surface area contributed by atoms with Crippen molar-refractivity contribution in [1.29, 1.82) is 5.26 Å². The molecule has 0 aliphatic carbocycles. The molecule has 0 atom stereocenters. The second kappa shape index (κ2) is 5.43. The highest BCUT2D eigenvalue weighted by molar-refractivity contribution is 7.10. The maximum Gasteiger partial charge on any atom is 0.101 e. The molecule has 0 spiro atoms. The Morgan fingerprint density at radius 2 is 2.17 bits per heavy atom. The second-order valence-corrected chi connectivity index (χ2v) is 5.57. The molecular weight excluding hydrogens is 264 g/mol. The molecule has 18 heavy (non-hydrogen) atoms. The standard InChI is InChI=1S/C14H13ClN2S/c1-10-5-6-18-14(10)9-17(2)12-4-3-11(8-16)13(15)7-12/h3-7H,9H2,1-2H3. The van der Waals surface area contributed by atoms with E-state index in [1.165, 1.54) is 10.4 Å². The van der Waals surface area contributed by atoms with Crippen LogP contribution in [-0.2, 0) is 6.54 Å². The van der Waals surface area contributed by atoms with Crippen molar-refractivity contribution in [3.05, 3.63) is 50.7 Å². The van der Waals surface area contributed by atoms with E-state index in [1.54, 1.807) is 17.4 Å². The first-order valence-electron chi connectivity index (χ1n) is 5.55. The van der Waals surface area contributed by atoms with Gasteiger partial charge in [-0.05, 0) is 42.1 Å². The normalized spacial score (nSPS) is 10.1. The fourth-order valence-electron chi connectivity index (χ4n) is 1.70. The number of nitriles is 1. The number of thiophene rings is 1. The summed E-state index contributed by atoms with van der Waals surface area (Å²) in [6.07, 6.45) is 0. The summed E-state index contributed by atoms with van der Waals surface area (Å²) in [6, 6.07) is 9.71. The number of rotatable bonds is 3. The highest BCUT2D eigenvalue weighted by Gasteiger charge is 2.08. The molecule has 1 heterocycles. The number of nitrogens with zero attached hydrogens (tertiary/aromatic N) is 2. The highest BCUT2D eigenvalue weighted by Crippen LogP contribution is 2.25. The number of anilines is 1. The minimum absolute atomic E-state index is 0.504. The van der Waals surface area contributed by atoms with E-state index in [1.807, 2.05) is 19.2 Å². The van der Waals surface area contributed by atoms with Crippen LogP contribution in [0, 0.1) is 18.3 Å². The molecule has 0 bridgehead atoms. The van der Waals surface area contributed by atoms with Crippen LogP contribution < -0.4 is 4.90 Å². The van der Waals surface area contributed by atoms with Gasteiger partial charge in [-0.1, -0.05) is 11.6 Å². The zero-order valence-electron chi connectivity index (χ0n) is 10.3. The maximum absolute atomic E-state index is 8.85. The lowest BCUT2D eigenvalue weighted by atomic mass is 10.2.